The topological polar surface area (TPSA) is 12.5 Å². The Kier molecular flexibility index (Phi) is 2.61. The van der Waals surface area contributed by atoms with Gasteiger partial charge in [0.05, 0.1) is 6.61 Å². The molecular weight excluding hydrogens is 162 g/mol. The van der Waals surface area contributed by atoms with Gasteiger partial charge in [-0.15, -0.1) is 0 Å². The predicted molar refractivity (Wildman–Crippen MR) is 53.8 cm³/mol. The summed E-state index contributed by atoms with van der Waals surface area (Å²) in [5.41, 5.74) is 0.550. The molecule has 0 aromatic heterocycles. The molecule has 0 N–H and O–H groups in total. The Balaban J connectivity index is 1.86. The normalized spacial score (nSPS) is 35.3. The van der Waals surface area contributed by atoms with E-state index in [1.807, 2.05) is 0 Å². The van der Waals surface area contributed by atoms with E-state index in [0.717, 1.165) is 19.1 Å². The minimum atomic E-state index is 0.550. The fraction of sp³-hybridized carbons (Fsp3) is 1.00. The number of likely N-dealkylation sites (tertiary alicyclic amines) is 1. The molecule has 0 unspecified atom stereocenters. The summed E-state index contributed by atoms with van der Waals surface area (Å²) in [5.74, 6) is 0.803. The average molecular weight is 183 g/mol. The van der Waals surface area contributed by atoms with Crippen LogP contribution in [0.2, 0.25) is 0 Å². The molecule has 0 bridgehead atoms. The molecule has 2 saturated heterocycles. The Bertz CT molecular complexity index is 173. The van der Waals surface area contributed by atoms with Gasteiger partial charge in [0.2, 0.25) is 0 Å². The fourth-order valence-electron chi connectivity index (χ4n) is 2.67. The van der Waals surface area contributed by atoms with E-state index in [4.69, 9.17) is 4.74 Å². The van der Waals surface area contributed by atoms with Crippen molar-refractivity contribution in [1.29, 1.82) is 0 Å². The van der Waals surface area contributed by atoms with Crippen LogP contribution in [0.15, 0.2) is 0 Å². The summed E-state index contributed by atoms with van der Waals surface area (Å²) in [6.45, 7) is 10.5. The highest BCUT2D eigenvalue weighted by Crippen LogP contribution is 2.38. The molecule has 2 fully saturated rings. The third-order valence-corrected chi connectivity index (χ3v) is 3.33. The number of rotatable bonds is 2. The van der Waals surface area contributed by atoms with E-state index < -0.39 is 0 Å². The first-order chi connectivity index (χ1) is 6.20. The Morgan fingerprint density at radius 3 is 2.85 bits per heavy atom. The maximum absolute atomic E-state index is 5.51. The van der Waals surface area contributed by atoms with Crippen LogP contribution in [0.4, 0.5) is 0 Å². The number of hydrogen-bond acceptors (Lipinski definition) is 2. The van der Waals surface area contributed by atoms with Crippen molar-refractivity contribution >= 4 is 0 Å². The van der Waals surface area contributed by atoms with Crippen LogP contribution in [0.25, 0.3) is 0 Å². The first kappa shape index (κ1) is 9.47. The van der Waals surface area contributed by atoms with Gasteiger partial charge in [-0.1, -0.05) is 13.8 Å². The minimum Gasteiger partial charge on any atom is -0.381 e. The highest BCUT2D eigenvalue weighted by atomic mass is 16.5. The van der Waals surface area contributed by atoms with E-state index in [1.54, 1.807) is 0 Å². The second kappa shape index (κ2) is 3.58. The molecule has 2 aliphatic rings. The molecule has 0 saturated carbocycles. The monoisotopic (exact) mass is 183 g/mol. The van der Waals surface area contributed by atoms with Gasteiger partial charge in [0.1, 0.15) is 0 Å². The summed E-state index contributed by atoms with van der Waals surface area (Å²) in [5, 5.41) is 0. The van der Waals surface area contributed by atoms with Crippen LogP contribution >= 0.6 is 0 Å². The van der Waals surface area contributed by atoms with Crippen LogP contribution in [0.3, 0.4) is 0 Å². The van der Waals surface area contributed by atoms with Crippen molar-refractivity contribution < 1.29 is 4.74 Å². The Labute approximate surface area is 81.3 Å². The average Bonchev–Trinajstić information content (AvgIpc) is 2.63. The zero-order chi connectivity index (χ0) is 9.31. The Morgan fingerprint density at radius 2 is 2.23 bits per heavy atom. The maximum atomic E-state index is 5.51. The molecule has 2 heterocycles. The first-order valence-electron chi connectivity index (χ1n) is 5.50. The molecule has 2 rings (SSSR count). The fourth-order valence-corrected chi connectivity index (χ4v) is 2.67. The van der Waals surface area contributed by atoms with Gasteiger partial charge < -0.3 is 9.64 Å². The van der Waals surface area contributed by atoms with Crippen molar-refractivity contribution in [2.75, 3.05) is 32.8 Å². The lowest BCUT2D eigenvalue weighted by Gasteiger charge is -2.22. The van der Waals surface area contributed by atoms with Crippen molar-refractivity contribution in [3.05, 3.63) is 0 Å². The van der Waals surface area contributed by atoms with E-state index in [0.29, 0.717) is 5.41 Å². The molecule has 2 heteroatoms. The molecule has 1 spiro atoms. The highest BCUT2D eigenvalue weighted by molar-refractivity contribution is 4.92. The van der Waals surface area contributed by atoms with Gasteiger partial charge in [0, 0.05) is 25.1 Å². The highest BCUT2D eigenvalue weighted by Gasteiger charge is 2.40. The van der Waals surface area contributed by atoms with Crippen molar-refractivity contribution in [2.24, 2.45) is 11.3 Å². The summed E-state index contributed by atoms with van der Waals surface area (Å²) >= 11 is 0. The van der Waals surface area contributed by atoms with Gasteiger partial charge in [-0.2, -0.15) is 0 Å². The zero-order valence-corrected chi connectivity index (χ0v) is 8.88. The Morgan fingerprint density at radius 1 is 1.38 bits per heavy atom. The SMILES string of the molecule is CC(C)CN1CC[C@@]2(CCOC2)C1. The number of ether oxygens (including phenoxy) is 1. The van der Waals surface area contributed by atoms with Gasteiger partial charge in [-0.3, -0.25) is 0 Å². The van der Waals surface area contributed by atoms with Gasteiger partial charge >= 0.3 is 0 Å². The van der Waals surface area contributed by atoms with Crippen molar-refractivity contribution in [1.82, 2.24) is 4.90 Å². The van der Waals surface area contributed by atoms with Crippen LogP contribution in [-0.2, 0) is 4.74 Å². The summed E-state index contributed by atoms with van der Waals surface area (Å²) in [6.07, 6.45) is 2.65. The third-order valence-electron chi connectivity index (χ3n) is 3.33. The van der Waals surface area contributed by atoms with Gasteiger partial charge in [0.15, 0.2) is 0 Å². The molecule has 0 aliphatic carbocycles. The summed E-state index contributed by atoms with van der Waals surface area (Å²) in [7, 11) is 0. The van der Waals surface area contributed by atoms with Crippen LogP contribution in [-0.4, -0.2) is 37.7 Å². The lowest BCUT2D eigenvalue weighted by Crippen LogP contribution is -2.30. The molecule has 2 nitrogen and oxygen atoms in total. The third kappa shape index (κ3) is 2.05. The number of hydrogen-bond donors (Lipinski definition) is 0. The summed E-state index contributed by atoms with van der Waals surface area (Å²) < 4.78 is 5.51. The molecule has 2 aliphatic heterocycles. The molecule has 76 valence electrons. The lowest BCUT2D eigenvalue weighted by atomic mass is 9.87. The molecule has 0 aromatic carbocycles. The van der Waals surface area contributed by atoms with E-state index in [-0.39, 0.29) is 0 Å². The van der Waals surface area contributed by atoms with E-state index in [2.05, 4.69) is 18.7 Å². The Hall–Kier alpha value is -0.0800. The maximum Gasteiger partial charge on any atom is 0.0536 e. The van der Waals surface area contributed by atoms with Crippen LogP contribution < -0.4 is 0 Å². The quantitative estimate of drug-likeness (QED) is 0.647. The lowest BCUT2D eigenvalue weighted by molar-refractivity contribution is 0.150. The van der Waals surface area contributed by atoms with Crippen LogP contribution in [0, 0.1) is 11.3 Å². The molecule has 0 radical (unpaired) electrons. The molecule has 0 aromatic rings. The van der Waals surface area contributed by atoms with Crippen molar-refractivity contribution in [3.8, 4) is 0 Å². The smallest absolute Gasteiger partial charge is 0.0536 e. The predicted octanol–water partition coefficient (Wildman–Crippen LogP) is 1.75. The van der Waals surface area contributed by atoms with Crippen LogP contribution in [0.1, 0.15) is 26.7 Å². The standard InChI is InChI=1S/C11H21NO/c1-10(2)7-12-5-3-11(8-12)4-6-13-9-11/h10H,3-9H2,1-2H3/t11-/m1/s1. The molecule has 13 heavy (non-hydrogen) atoms. The molecule has 0 amide bonds. The van der Waals surface area contributed by atoms with E-state index in [1.165, 1.54) is 32.5 Å². The van der Waals surface area contributed by atoms with Crippen molar-refractivity contribution in [2.45, 2.75) is 26.7 Å². The van der Waals surface area contributed by atoms with Crippen LogP contribution in [0.5, 0.6) is 0 Å². The number of nitrogens with zero attached hydrogens (tertiary/aromatic N) is 1. The van der Waals surface area contributed by atoms with Gasteiger partial charge in [-0.25, -0.2) is 0 Å². The van der Waals surface area contributed by atoms with E-state index >= 15 is 0 Å². The second-order valence-corrected chi connectivity index (χ2v) is 5.18. The minimum absolute atomic E-state index is 0.550. The van der Waals surface area contributed by atoms with Gasteiger partial charge in [-0.05, 0) is 25.3 Å². The summed E-state index contributed by atoms with van der Waals surface area (Å²) in [4.78, 5) is 2.61. The molecule has 1 atom stereocenters. The van der Waals surface area contributed by atoms with E-state index in [9.17, 15) is 0 Å². The largest absolute Gasteiger partial charge is 0.381 e. The zero-order valence-electron chi connectivity index (χ0n) is 8.88. The summed E-state index contributed by atoms with van der Waals surface area (Å²) in [6, 6.07) is 0. The van der Waals surface area contributed by atoms with Crippen molar-refractivity contribution in [3.63, 3.8) is 0 Å². The van der Waals surface area contributed by atoms with Gasteiger partial charge in [0.25, 0.3) is 0 Å². The molecular formula is C11H21NO. The second-order valence-electron chi connectivity index (χ2n) is 5.18. The first-order valence-corrected chi connectivity index (χ1v) is 5.50.